The van der Waals surface area contributed by atoms with E-state index in [0.29, 0.717) is 6.04 Å². The summed E-state index contributed by atoms with van der Waals surface area (Å²) >= 11 is 1.91. The van der Waals surface area contributed by atoms with Gasteiger partial charge in [0.1, 0.15) is 11.5 Å². The van der Waals surface area contributed by atoms with Crippen molar-refractivity contribution in [1.29, 1.82) is 0 Å². The molecule has 0 saturated carbocycles. The predicted molar refractivity (Wildman–Crippen MR) is 84.6 cm³/mol. The van der Waals surface area contributed by atoms with Gasteiger partial charge in [0.05, 0.1) is 13.1 Å². The first-order valence-corrected chi connectivity index (χ1v) is 8.58. The van der Waals surface area contributed by atoms with Crippen molar-refractivity contribution in [3.8, 4) is 0 Å². The highest BCUT2D eigenvalue weighted by atomic mass is 32.2. The van der Waals surface area contributed by atoms with Gasteiger partial charge in [-0.05, 0) is 44.8 Å². The molecule has 0 aliphatic rings. The van der Waals surface area contributed by atoms with Gasteiger partial charge in [0.2, 0.25) is 0 Å². The van der Waals surface area contributed by atoms with Gasteiger partial charge in [-0.2, -0.15) is 11.8 Å². The minimum atomic E-state index is 0.627. The zero-order chi connectivity index (χ0) is 14.1. The summed E-state index contributed by atoms with van der Waals surface area (Å²) in [6, 6.07) is 4.81. The van der Waals surface area contributed by atoms with E-state index in [4.69, 9.17) is 4.42 Å². The van der Waals surface area contributed by atoms with Crippen molar-refractivity contribution in [2.75, 3.05) is 25.6 Å². The van der Waals surface area contributed by atoms with E-state index in [0.717, 1.165) is 37.6 Å². The van der Waals surface area contributed by atoms with Gasteiger partial charge in [0.15, 0.2) is 0 Å². The smallest absolute Gasteiger partial charge is 0.118 e. The summed E-state index contributed by atoms with van der Waals surface area (Å²) in [6.45, 7) is 7.19. The molecule has 1 N–H and O–H groups in total. The Balaban J connectivity index is 2.43. The summed E-state index contributed by atoms with van der Waals surface area (Å²) in [6.07, 6.45) is 4.51. The number of thioether (sulfide) groups is 1. The first-order valence-electron chi connectivity index (χ1n) is 7.18. The first-order chi connectivity index (χ1) is 9.21. The lowest BCUT2D eigenvalue weighted by Crippen LogP contribution is -2.32. The Morgan fingerprint density at radius 2 is 2.05 bits per heavy atom. The molecular formula is C15H28N2OS. The van der Waals surface area contributed by atoms with E-state index in [1.807, 2.05) is 11.8 Å². The van der Waals surface area contributed by atoms with Crippen LogP contribution < -0.4 is 5.32 Å². The highest BCUT2D eigenvalue weighted by Crippen LogP contribution is 2.14. The third-order valence-electron chi connectivity index (χ3n) is 3.30. The second kappa shape index (κ2) is 9.45. The molecule has 3 nitrogen and oxygen atoms in total. The van der Waals surface area contributed by atoms with Crippen molar-refractivity contribution in [2.24, 2.45) is 0 Å². The molecule has 0 bridgehead atoms. The van der Waals surface area contributed by atoms with Gasteiger partial charge in [-0.15, -0.1) is 0 Å². The number of hydrogen-bond donors (Lipinski definition) is 1. The van der Waals surface area contributed by atoms with Crippen molar-refractivity contribution in [2.45, 2.75) is 45.8 Å². The van der Waals surface area contributed by atoms with Crippen LogP contribution in [0.25, 0.3) is 0 Å². The molecule has 0 amide bonds. The van der Waals surface area contributed by atoms with Crippen LogP contribution >= 0.6 is 11.8 Å². The van der Waals surface area contributed by atoms with Crippen molar-refractivity contribution in [3.63, 3.8) is 0 Å². The SMILES string of the molecule is CCCNCc1ccc(CN(C)C(CC)CSC)o1. The molecule has 1 unspecified atom stereocenters. The molecule has 0 aromatic carbocycles. The molecule has 4 heteroatoms. The molecule has 0 radical (unpaired) electrons. The number of nitrogens with one attached hydrogen (secondary N) is 1. The van der Waals surface area contributed by atoms with Crippen LogP contribution in [0.3, 0.4) is 0 Å². The molecule has 0 aliphatic carbocycles. The fraction of sp³-hybridized carbons (Fsp3) is 0.733. The Morgan fingerprint density at radius 1 is 1.32 bits per heavy atom. The van der Waals surface area contributed by atoms with Gasteiger partial charge >= 0.3 is 0 Å². The monoisotopic (exact) mass is 284 g/mol. The van der Waals surface area contributed by atoms with E-state index >= 15 is 0 Å². The lowest BCUT2D eigenvalue weighted by atomic mass is 10.2. The molecule has 110 valence electrons. The Morgan fingerprint density at radius 3 is 2.68 bits per heavy atom. The predicted octanol–water partition coefficient (Wildman–Crippen LogP) is 3.35. The molecule has 1 aromatic heterocycles. The molecule has 1 aromatic rings. The molecule has 1 heterocycles. The van der Waals surface area contributed by atoms with E-state index in [2.05, 4.69) is 49.5 Å². The van der Waals surface area contributed by atoms with Gasteiger partial charge < -0.3 is 9.73 Å². The van der Waals surface area contributed by atoms with Crippen LogP contribution in [-0.2, 0) is 13.1 Å². The Bertz CT molecular complexity index is 341. The Labute approximate surface area is 122 Å². The molecule has 1 atom stereocenters. The van der Waals surface area contributed by atoms with Crippen LogP contribution in [0.2, 0.25) is 0 Å². The van der Waals surface area contributed by atoms with E-state index in [9.17, 15) is 0 Å². The zero-order valence-electron chi connectivity index (χ0n) is 12.7. The second-order valence-electron chi connectivity index (χ2n) is 4.98. The van der Waals surface area contributed by atoms with Crippen molar-refractivity contribution in [1.82, 2.24) is 10.2 Å². The summed E-state index contributed by atoms with van der Waals surface area (Å²) in [5.41, 5.74) is 0. The average molecular weight is 284 g/mol. The Hall–Kier alpha value is -0.450. The number of hydrogen-bond acceptors (Lipinski definition) is 4. The highest BCUT2D eigenvalue weighted by molar-refractivity contribution is 7.98. The van der Waals surface area contributed by atoms with Crippen LogP contribution in [0, 0.1) is 0 Å². The van der Waals surface area contributed by atoms with Crippen LogP contribution in [0.1, 0.15) is 38.2 Å². The lowest BCUT2D eigenvalue weighted by molar-refractivity contribution is 0.226. The van der Waals surface area contributed by atoms with E-state index < -0.39 is 0 Å². The third-order valence-corrected chi connectivity index (χ3v) is 4.02. The number of rotatable bonds is 10. The maximum absolute atomic E-state index is 5.86. The highest BCUT2D eigenvalue weighted by Gasteiger charge is 2.14. The van der Waals surface area contributed by atoms with Crippen molar-refractivity contribution >= 4 is 11.8 Å². The van der Waals surface area contributed by atoms with Crippen molar-refractivity contribution in [3.05, 3.63) is 23.7 Å². The average Bonchev–Trinajstić information content (AvgIpc) is 2.83. The normalized spacial score (nSPS) is 13.1. The van der Waals surface area contributed by atoms with Crippen LogP contribution in [0.5, 0.6) is 0 Å². The standard InChI is InChI=1S/C15H28N2OS/c1-5-9-16-10-14-7-8-15(18-14)11-17(3)13(6-2)12-19-4/h7-8,13,16H,5-6,9-12H2,1-4H3. The molecule has 19 heavy (non-hydrogen) atoms. The van der Waals surface area contributed by atoms with E-state index in [1.54, 1.807) is 0 Å². The maximum atomic E-state index is 5.86. The topological polar surface area (TPSA) is 28.4 Å². The first kappa shape index (κ1) is 16.6. The van der Waals surface area contributed by atoms with Gasteiger partial charge in [-0.3, -0.25) is 4.90 Å². The third kappa shape index (κ3) is 6.02. The molecule has 0 fully saturated rings. The number of furan rings is 1. The Kier molecular flexibility index (Phi) is 8.26. The molecule has 0 saturated heterocycles. The number of nitrogens with zero attached hydrogens (tertiary/aromatic N) is 1. The van der Waals surface area contributed by atoms with Crippen LogP contribution in [0.4, 0.5) is 0 Å². The zero-order valence-corrected chi connectivity index (χ0v) is 13.6. The summed E-state index contributed by atoms with van der Waals surface area (Å²) in [5, 5.41) is 3.36. The molecule has 0 spiro atoms. The summed E-state index contributed by atoms with van der Waals surface area (Å²) < 4.78 is 5.86. The minimum absolute atomic E-state index is 0.627. The summed E-state index contributed by atoms with van der Waals surface area (Å²) in [7, 11) is 2.18. The minimum Gasteiger partial charge on any atom is -0.463 e. The molecular weight excluding hydrogens is 256 g/mol. The van der Waals surface area contributed by atoms with Gasteiger partial charge in [-0.25, -0.2) is 0 Å². The molecule has 1 rings (SSSR count). The maximum Gasteiger partial charge on any atom is 0.118 e. The second-order valence-corrected chi connectivity index (χ2v) is 5.89. The van der Waals surface area contributed by atoms with E-state index in [1.165, 1.54) is 12.2 Å². The van der Waals surface area contributed by atoms with Gasteiger partial charge in [-0.1, -0.05) is 13.8 Å². The van der Waals surface area contributed by atoms with Gasteiger partial charge in [0.25, 0.3) is 0 Å². The lowest BCUT2D eigenvalue weighted by Gasteiger charge is -2.25. The van der Waals surface area contributed by atoms with E-state index in [-0.39, 0.29) is 0 Å². The van der Waals surface area contributed by atoms with Gasteiger partial charge in [0, 0.05) is 11.8 Å². The largest absolute Gasteiger partial charge is 0.463 e. The fourth-order valence-corrected chi connectivity index (χ4v) is 2.99. The van der Waals surface area contributed by atoms with Crippen LogP contribution in [0.15, 0.2) is 16.5 Å². The van der Waals surface area contributed by atoms with Crippen LogP contribution in [-0.4, -0.2) is 36.5 Å². The molecule has 0 aliphatic heterocycles. The summed E-state index contributed by atoms with van der Waals surface area (Å²) in [4.78, 5) is 2.39. The fourth-order valence-electron chi connectivity index (χ4n) is 2.11. The quantitative estimate of drug-likeness (QED) is 0.667. The summed E-state index contributed by atoms with van der Waals surface area (Å²) in [5.74, 6) is 3.28. The van der Waals surface area contributed by atoms with Crippen molar-refractivity contribution < 1.29 is 4.42 Å².